The molecule has 0 amide bonds. The second kappa shape index (κ2) is 7.52. The summed E-state index contributed by atoms with van der Waals surface area (Å²) in [4.78, 5) is 4.31. The normalized spacial score (nSPS) is 13.5. The third kappa shape index (κ3) is 5.17. The van der Waals surface area contributed by atoms with Crippen molar-refractivity contribution in [2.24, 2.45) is 5.92 Å². The molecule has 1 heterocycles. The molecule has 0 saturated carbocycles. The second-order valence-electron chi connectivity index (χ2n) is 5.82. The topological polar surface area (TPSA) is 42.7 Å². The van der Waals surface area contributed by atoms with Crippen molar-refractivity contribution in [3.05, 3.63) is 12.2 Å². The van der Waals surface area contributed by atoms with Crippen LogP contribution in [0.25, 0.3) is 0 Å². The fraction of sp³-hybridized carbons (Fsp3) is 0.857. The van der Waals surface area contributed by atoms with Gasteiger partial charge in [-0.1, -0.05) is 26.7 Å². The van der Waals surface area contributed by atoms with Crippen molar-refractivity contribution >= 4 is 0 Å². The zero-order chi connectivity index (χ0) is 13.5. The Kier molecular flexibility index (Phi) is 6.33. The molecule has 1 unspecified atom stereocenters. The molecule has 4 heteroatoms. The first kappa shape index (κ1) is 15.2. The highest BCUT2D eigenvalue weighted by Gasteiger charge is 2.09. The largest absolute Gasteiger partial charge is 0.307 e. The molecule has 0 radical (unpaired) electrons. The second-order valence-corrected chi connectivity index (χ2v) is 5.82. The average molecular weight is 252 g/mol. The number of aromatic nitrogens is 3. The first-order chi connectivity index (χ1) is 8.50. The van der Waals surface area contributed by atoms with Crippen molar-refractivity contribution in [3.63, 3.8) is 0 Å². The maximum Gasteiger partial charge on any atom is 0.141 e. The number of hydrogen-bond acceptors (Lipinski definition) is 3. The summed E-state index contributed by atoms with van der Waals surface area (Å²) in [5, 5.41) is 7.78. The van der Waals surface area contributed by atoms with Crippen LogP contribution in [0.5, 0.6) is 0 Å². The third-order valence-corrected chi connectivity index (χ3v) is 3.16. The van der Waals surface area contributed by atoms with Gasteiger partial charge in [0, 0.05) is 12.1 Å². The van der Waals surface area contributed by atoms with Gasteiger partial charge in [0.2, 0.25) is 0 Å². The van der Waals surface area contributed by atoms with Gasteiger partial charge in [0.1, 0.15) is 12.2 Å². The number of nitrogens with zero attached hydrogens (tertiary/aromatic N) is 3. The Labute approximate surface area is 111 Å². The van der Waals surface area contributed by atoms with Crippen LogP contribution in [-0.2, 0) is 6.54 Å². The van der Waals surface area contributed by atoms with E-state index in [9.17, 15) is 0 Å². The Morgan fingerprint density at radius 3 is 2.50 bits per heavy atom. The molecular weight excluding hydrogens is 224 g/mol. The number of rotatable bonds is 8. The molecule has 1 aromatic rings. The van der Waals surface area contributed by atoms with Crippen LogP contribution in [0.3, 0.4) is 0 Å². The molecule has 18 heavy (non-hydrogen) atoms. The SMILES string of the molecule is CC(C)CCCC(C)NCc1ncnn1C(C)C. The Morgan fingerprint density at radius 2 is 1.89 bits per heavy atom. The molecule has 0 aliphatic rings. The summed E-state index contributed by atoms with van der Waals surface area (Å²) in [6.07, 6.45) is 5.48. The van der Waals surface area contributed by atoms with E-state index in [1.54, 1.807) is 6.33 Å². The van der Waals surface area contributed by atoms with Gasteiger partial charge in [-0.2, -0.15) is 5.10 Å². The van der Waals surface area contributed by atoms with Crippen molar-refractivity contribution < 1.29 is 0 Å². The first-order valence-electron chi connectivity index (χ1n) is 7.12. The molecule has 1 atom stereocenters. The summed E-state index contributed by atoms with van der Waals surface area (Å²) in [5.74, 6) is 1.84. The molecule has 104 valence electrons. The summed E-state index contributed by atoms with van der Waals surface area (Å²) in [5.41, 5.74) is 0. The lowest BCUT2D eigenvalue weighted by Gasteiger charge is -2.15. The summed E-state index contributed by atoms with van der Waals surface area (Å²) >= 11 is 0. The fourth-order valence-electron chi connectivity index (χ4n) is 2.03. The van der Waals surface area contributed by atoms with Crippen molar-refractivity contribution in [2.45, 2.75) is 72.5 Å². The minimum Gasteiger partial charge on any atom is -0.307 e. The van der Waals surface area contributed by atoms with Gasteiger partial charge in [-0.25, -0.2) is 9.67 Å². The molecule has 4 nitrogen and oxygen atoms in total. The molecule has 1 aromatic heterocycles. The van der Waals surface area contributed by atoms with Crippen molar-refractivity contribution in [2.75, 3.05) is 0 Å². The van der Waals surface area contributed by atoms with Crippen molar-refractivity contribution in [1.82, 2.24) is 20.1 Å². The summed E-state index contributed by atoms with van der Waals surface area (Å²) in [7, 11) is 0. The van der Waals surface area contributed by atoms with Gasteiger partial charge in [0.05, 0.1) is 6.54 Å². The van der Waals surface area contributed by atoms with Gasteiger partial charge < -0.3 is 5.32 Å². The molecule has 1 rings (SSSR count). The minimum atomic E-state index is 0.376. The van der Waals surface area contributed by atoms with Gasteiger partial charge in [-0.3, -0.25) is 0 Å². The smallest absolute Gasteiger partial charge is 0.141 e. The molecule has 0 aliphatic carbocycles. The van der Waals surface area contributed by atoms with Gasteiger partial charge >= 0.3 is 0 Å². The van der Waals surface area contributed by atoms with Crippen LogP contribution in [0.2, 0.25) is 0 Å². The fourth-order valence-corrected chi connectivity index (χ4v) is 2.03. The van der Waals surface area contributed by atoms with E-state index in [1.807, 2.05) is 4.68 Å². The van der Waals surface area contributed by atoms with Crippen molar-refractivity contribution in [3.8, 4) is 0 Å². The Morgan fingerprint density at radius 1 is 1.17 bits per heavy atom. The zero-order valence-electron chi connectivity index (χ0n) is 12.5. The standard InChI is InChI=1S/C14H28N4/c1-11(2)7-6-8-13(5)15-9-14-16-10-17-18(14)12(3)4/h10-13,15H,6-9H2,1-5H3. The lowest BCUT2D eigenvalue weighted by atomic mass is 10.0. The predicted octanol–water partition coefficient (Wildman–Crippen LogP) is 3.16. The molecule has 0 aromatic carbocycles. The third-order valence-electron chi connectivity index (χ3n) is 3.16. The number of hydrogen-bond donors (Lipinski definition) is 1. The summed E-state index contributed by atoms with van der Waals surface area (Å²) < 4.78 is 1.98. The van der Waals surface area contributed by atoms with Crippen LogP contribution in [0.1, 0.15) is 65.7 Å². The molecule has 1 N–H and O–H groups in total. The van der Waals surface area contributed by atoms with Crippen LogP contribution in [-0.4, -0.2) is 20.8 Å². The van der Waals surface area contributed by atoms with Crippen molar-refractivity contribution in [1.29, 1.82) is 0 Å². The highest BCUT2D eigenvalue weighted by atomic mass is 15.4. The molecule has 0 saturated heterocycles. The lowest BCUT2D eigenvalue weighted by Crippen LogP contribution is -2.27. The molecule has 0 aliphatic heterocycles. The minimum absolute atomic E-state index is 0.376. The van der Waals surface area contributed by atoms with Gasteiger partial charge in [0.25, 0.3) is 0 Å². The van der Waals surface area contributed by atoms with E-state index in [1.165, 1.54) is 19.3 Å². The highest BCUT2D eigenvalue weighted by Crippen LogP contribution is 2.09. The monoisotopic (exact) mass is 252 g/mol. The Balaban J connectivity index is 2.29. The average Bonchev–Trinajstić information content (AvgIpc) is 2.74. The molecular formula is C14H28N4. The van der Waals surface area contributed by atoms with E-state index in [0.29, 0.717) is 12.1 Å². The molecule has 0 fully saturated rings. The maximum absolute atomic E-state index is 4.31. The highest BCUT2D eigenvalue weighted by molar-refractivity contribution is 4.86. The number of nitrogens with one attached hydrogen (secondary N) is 1. The van der Waals surface area contributed by atoms with Gasteiger partial charge in [0.15, 0.2) is 0 Å². The van der Waals surface area contributed by atoms with E-state index in [4.69, 9.17) is 0 Å². The van der Waals surface area contributed by atoms with Crippen LogP contribution >= 0.6 is 0 Å². The molecule has 0 bridgehead atoms. The summed E-state index contributed by atoms with van der Waals surface area (Å²) in [6, 6.07) is 0.918. The van der Waals surface area contributed by atoms with E-state index >= 15 is 0 Å². The van der Waals surface area contributed by atoms with Crippen LogP contribution in [0.15, 0.2) is 6.33 Å². The van der Waals surface area contributed by atoms with E-state index in [0.717, 1.165) is 18.3 Å². The van der Waals surface area contributed by atoms with Crippen LogP contribution in [0, 0.1) is 5.92 Å². The lowest BCUT2D eigenvalue weighted by molar-refractivity contribution is 0.434. The first-order valence-corrected chi connectivity index (χ1v) is 7.12. The zero-order valence-corrected chi connectivity index (χ0v) is 12.5. The quantitative estimate of drug-likeness (QED) is 0.773. The van der Waals surface area contributed by atoms with Crippen LogP contribution < -0.4 is 5.32 Å². The van der Waals surface area contributed by atoms with Gasteiger partial charge in [-0.05, 0) is 33.1 Å². The van der Waals surface area contributed by atoms with E-state index in [-0.39, 0.29) is 0 Å². The van der Waals surface area contributed by atoms with E-state index < -0.39 is 0 Å². The Bertz CT molecular complexity index is 330. The Hall–Kier alpha value is -0.900. The summed E-state index contributed by atoms with van der Waals surface area (Å²) in [6.45, 7) is 11.9. The van der Waals surface area contributed by atoms with Crippen LogP contribution in [0.4, 0.5) is 0 Å². The maximum atomic E-state index is 4.31. The van der Waals surface area contributed by atoms with Gasteiger partial charge in [-0.15, -0.1) is 0 Å². The predicted molar refractivity (Wildman–Crippen MR) is 75.4 cm³/mol. The van der Waals surface area contributed by atoms with E-state index in [2.05, 4.69) is 50.0 Å². The molecule has 0 spiro atoms.